The fraction of sp³-hybridized carbons (Fsp3) is 0.526. The van der Waals surface area contributed by atoms with E-state index in [0.717, 1.165) is 44.7 Å². The minimum Gasteiger partial charge on any atom is -0.493 e. The Morgan fingerprint density at radius 1 is 1.31 bits per heavy atom. The van der Waals surface area contributed by atoms with E-state index in [-0.39, 0.29) is 18.3 Å². The first-order valence-electron chi connectivity index (χ1n) is 8.76. The van der Waals surface area contributed by atoms with Crippen LogP contribution < -0.4 is 20.1 Å². The molecule has 146 valence electrons. The highest BCUT2D eigenvalue weighted by Crippen LogP contribution is 2.33. The maximum absolute atomic E-state index is 12.5. The number of amides is 1. The zero-order valence-corrected chi connectivity index (χ0v) is 16.5. The highest BCUT2D eigenvalue weighted by atomic mass is 35.5. The molecule has 0 aliphatic carbocycles. The summed E-state index contributed by atoms with van der Waals surface area (Å²) < 4.78 is 10.8. The molecule has 1 heterocycles. The summed E-state index contributed by atoms with van der Waals surface area (Å²) in [5.74, 6) is 1.12. The van der Waals surface area contributed by atoms with Gasteiger partial charge in [-0.2, -0.15) is 0 Å². The number of piperazine rings is 1. The van der Waals surface area contributed by atoms with Crippen LogP contribution in [0.15, 0.2) is 24.8 Å². The van der Waals surface area contributed by atoms with Gasteiger partial charge in [0.15, 0.2) is 11.5 Å². The molecule has 2 N–H and O–H groups in total. The van der Waals surface area contributed by atoms with Crippen molar-refractivity contribution in [2.75, 3.05) is 53.5 Å². The second-order valence-electron chi connectivity index (χ2n) is 6.06. The first kappa shape index (κ1) is 22.3. The van der Waals surface area contributed by atoms with Crippen LogP contribution in [0.1, 0.15) is 22.3 Å². The SMILES string of the molecule is C=CCc1cc(C(=O)NCCCN2CCNCC2)cc(OC)c1OC.Cl. The molecule has 7 heteroatoms. The van der Waals surface area contributed by atoms with Gasteiger partial charge in [-0.1, -0.05) is 6.08 Å². The number of ether oxygens (including phenoxy) is 2. The van der Waals surface area contributed by atoms with Crippen LogP contribution in [0, 0.1) is 0 Å². The normalized spacial score (nSPS) is 14.2. The summed E-state index contributed by atoms with van der Waals surface area (Å²) in [6, 6.07) is 3.56. The van der Waals surface area contributed by atoms with Gasteiger partial charge in [0.1, 0.15) is 0 Å². The largest absolute Gasteiger partial charge is 0.493 e. The number of carbonyl (C=O) groups is 1. The van der Waals surface area contributed by atoms with E-state index in [2.05, 4.69) is 22.1 Å². The van der Waals surface area contributed by atoms with Crippen LogP contribution in [-0.4, -0.2) is 64.3 Å². The molecule has 1 fully saturated rings. The highest BCUT2D eigenvalue weighted by molar-refractivity contribution is 5.95. The van der Waals surface area contributed by atoms with Crippen molar-refractivity contribution >= 4 is 18.3 Å². The Balaban J connectivity index is 0.00000338. The topological polar surface area (TPSA) is 62.8 Å². The number of rotatable bonds is 9. The second-order valence-corrected chi connectivity index (χ2v) is 6.06. The molecule has 1 aromatic rings. The van der Waals surface area contributed by atoms with Crippen LogP contribution >= 0.6 is 12.4 Å². The lowest BCUT2D eigenvalue weighted by Gasteiger charge is -2.27. The molecular formula is C19H30ClN3O3. The van der Waals surface area contributed by atoms with E-state index in [1.807, 2.05) is 6.07 Å². The molecule has 1 aromatic carbocycles. The number of nitrogens with zero attached hydrogens (tertiary/aromatic N) is 1. The molecule has 2 rings (SSSR count). The fourth-order valence-corrected chi connectivity index (χ4v) is 3.02. The number of hydrogen-bond acceptors (Lipinski definition) is 5. The van der Waals surface area contributed by atoms with Crippen molar-refractivity contribution < 1.29 is 14.3 Å². The van der Waals surface area contributed by atoms with Gasteiger partial charge < -0.3 is 25.0 Å². The monoisotopic (exact) mass is 383 g/mol. The van der Waals surface area contributed by atoms with Crippen molar-refractivity contribution in [1.29, 1.82) is 0 Å². The third-order valence-electron chi connectivity index (χ3n) is 4.33. The van der Waals surface area contributed by atoms with Crippen LogP contribution in [0.25, 0.3) is 0 Å². The van der Waals surface area contributed by atoms with Crippen LogP contribution in [0.5, 0.6) is 11.5 Å². The van der Waals surface area contributed by atoms with E-state index in [0.29, 0.717) is 30.0 Å². The number of benzene rings is 1. The molecule has 0 spiro atoms. The molecular weight excluding hydrogens is 354 g/mol. The Bertz CT molecular complexity index is 590. The Hall–Kier alpha value is -1.76. The van der Waals surface area contributed by atoms with Gasteiger partial charge in [-0.05, 0) is 31.5 Å². The van der Waals surface area contributed by atoms with E-state index in [1.54, 1.807) is 26.4 Å². The van der Waals surface area contributed by atoms with Gasteiger partial charge in [0.2, 0.25) is 0 Å². The molecule has 0 unspecified atom stereocenters. The zero-order chi connectivity index (χ0) is 18.1. The van der Waals surface area contributed by atoms with Crippen molar-refractivity contribution in [1.82, 2.24) is 15.5 Å². The molecule has 1 aliphatic rings. The predicted octanol–water partition coefficient (Wildman–Crippen LogP) is 1.88. The summed E-state index contributed by atoms with van der Waals surface area (Å²) in [4.78, 5) is 14.9. The van der Waals surface area contributed by atoms with Crippen molar-refractivity contribution in [2.45, 2.75) is 12.8 Å². The van der Waals surface area contributed by atoms with Gasteiger partial charge in [0.05, 0.1) is 14.2 Å². The van der Waals surface area contributed by atoms with Crippen molar-refractivity contribution in [3.8, 4) is 11.5 Å². The lowest BCUT2D eigenvalue weighted by atomic mass is 10.0. The van der Waals surface area contributed by atoms with Crippen molar-refractivity contribution in [3.63, 3.8) is 0 Å². The molecule has 26 heavy (non-hydrogen) atoms. The Kier molecular flexibility index (Phi) is 10.1. The number of hydrogen-bond donors (Lipinski definition) is 2. The fourth-order valence-electron chi connectivity index (χ4n) is 3.02. The van der Waals surface area contributed by atoms with Crippen molar-refractivity contribution in [3.05, 3.63) is 35.9 Å². The Labute approximate surface area is 162 Å². The van der Waals surface area contributed by atoms with Gasteiger partial charge >= 0.3 is 0 Å². The van der Waals surface area contributed by atoms with Crippen molar-refractivity contribution in [2.24, 2.45) is 0 Å². The Morgan fingerprint density at radius 2 is 2.04 bits per heavy atom. The molecule has 0 atom stereocenters. The summed E-state index contributed by atoms with van der Waals surface area (Å²) >= 11 is 0. The first-order valence-corrected chi connectivity index (χ1v) is 8.76. The number of methoxy groups -OCH3 is 2. The Morgan fingerprint density at radius 3 is 2.65 bits per heavy atom. The lowest BCUT2D eigenvalue weighted by molar-refractivity contribution is 0.0950. The average Bonchev–Trinajstić information content (AvgIpc) is 2.65. The highest BCUT2D eigenvalue weighted by Gasteiger charge is 2.15. The van der Waals surface area contributed by atoms with E-state index >= 15 is 0 Å². The van der Waals surface area contributed by atoms with Crippen LogP contribution in [0.2, 0.25) is 0 Å². The smallest absolute Gasteiger partial charge is 0.251 e. The maximum Gasteiger partial charge on any atom is 0.251 e. The van der Waals surface area contributed by atoms with Crippen LogP contribution in [-0.2, 0) is 6.42 Å². The van der Waals surface area contributed by atoms with E-state index in [1.165, 1.54) is 0 Å². The molecule has 6 nitrogen and oxygen atoms in total. The van der Waals surface area contributed by atoms with Gasteiger partial charge in [0.25, 0.3) is 5.91 Å². The van der Waals surface area contributed by atoms with E-state index < -0.39 is 0 Å². The minimum absolute atomic E-state index is 0. The summed E-state index contributed by atoms with van der Waals surface area (Å²) in [7, 11) is 3.17. The third kappa shape index (κ3) is 6.20. The number of carbonyl (C=O) groups excluding carboxylic acids is 1. The van der Waals surface area contributed by atoms with E-state index in [9.17, 15) is 4.79 Å². The summed E-state index contributed by atoms with van der Waals surface area (Å²) in [6.07, 6.45) is 3.34. The van der Waals surface area contributed by atoms with Crippen LogP contribution in [0.3, 0.4) is 0 Å². The standard InChI is InChI=1S/C19H29N3O3.ClH/c1-4-6-15-13-16(14-17(24-2)18(15)25-3)19(23)21-7-5-10-22-11-8-20-9-12-22;/h4,13-14,20H,1,5-12H2,2-3H3,(H,21,23);1H. The van der Waals surface area contributed by atoms with Gasteiger partial charge in [0, 0.05) is 43.9 Å². The van der Waals surface area contributed by atoms with Crippen LogP contribution in [0.4, 0.5) is 0 Å². The minimum atomic E-state index is -0.0911. The molecule has 1 amide bonds. The lowest BCUT2D eigenvalue weighted by Crippen LogP contribution is -2.44. The summed E-state index contributed by atoms with van der Waals surface area (Å²) in [6.45, 7) is 9.68. The second kappa shape index (κ2) is 11.8. The van der Waals surface area contributed by atoms with Gasteiger partial charge in [-0.15, -0.1) is 19.0 Å². The molecule has 0 bridgehead atoms. The molecule has 0 radical (unpaired) electrons. The maximum atomic E-state index is 12.5. The number of halogens is 1. The molecule has 1 aliphatic heterocycles. The summed E-state index contributed by atoms with van der Waals surface area (Å²) in [5, 5.41) is 6.33. The third-order valence-corrected chi connectivity index (χ3v) is 4.33. The van der Waals surface area contributed by atoms with Gasteiger partial charge in [-0.3, -0.25) is 4.79 Å². The molecule has 1 saturated heterocycles. The zero-order valence-electron chi connectivity index (χ0n) is 15.7. The molecule has 0 saturated carbocycles. The van der Waals surface area contributed by atoms with E-state index in [4.69, 9.17) is 9.47 Å². The number of allylic oxidation sites excluding steroid dienone is 1. The number of nitrogens with one attached hydrogen (secondary N) is 2. The quantitative estimate of drug-likeness (QED) is 0.503. The van der Waals surface area contributed by atoms with Gasteiger partial charge in [-0.25, -0.2) is 0 Å². The molecule has 0 aromatic heterocycles. The summed E-state index contributed by atoms with van der Waals surface area (Å²) in [5.41, 5.74) is 1.47. The average molecular weight is 384 g/mol. The first-order chi connectivity index (χ1) is 12.2. The predicted molar refractivity (Wildman–Crippen MR) is 107 cm³/mol.